The minimum Gasteiger partial charge on any atom is -0.324 e. The van der Waals surface area contributed by atoms with Gasteiger partial charge in [-0.1, -0.05) is 0 Å². The second-order valence-corrected chi connectivity index (χ2v) is 6.73. The monoisotopic (exact) mass is 335 g/mol. The van der Waals surface area contributed by atoms with Crippen LogP contribution in [0.5, 0.6) is 0 Å². The molecule has 0 bridgehead atoms. The highest BCUT2D eigenvalue weighted by molar-refractivity contribution is 9.12. The van der Waals surface area contributed by atoms with Gasteiger partial charge in [0.2, 0.25) is 0 Å². The highest BCUT2D eigenvalue weighted by Gasteiger charge is 2.12. The van der Waals surface area contributed by atoms with Crippen LogP contribution in [0, 0.1) is 12.3 Å². The van der Waals surface area contributed by atoms with E-state index >= 15 is 0 Å². The van der Waals surface area contributed by atoms with E-state index in [4.69, 9.17) is 12.2 Å². The van der Waals surface area contributed by atoms with Gasteiger partial charge in [-0.25, -0.2) is 0 Å². The van der Waals surface area contributed by atoms with Crippen LogP contribution in [0.2, 0.25) is 0 Å². The van der Waals surface area contributed by atoms with Gasteiger partial charge in [-0.05, 0) is 56.3 Å². The third-order valence-electron chi connectivity index (χ3n) is 1.92. The van der Waals surface area contributed by atoms with E-state index < -0.39 is 0 Å². The minimum atomic E-state index is 0.0836. The number of thiophene rings is 1. The first-order chi connectivity index (χ1) is 6.65. The lowest BCUT2D eigenvalue weighted by atomic mass is 10.1. The van der Waals surface area contributed by atoms with Crippen molar-refractivity contribution in [1.29, 1.82) is 0 Å². The fourth-order valence-corrected chi connectivity index (χ4v) is 4.19. The van der Waals surface area contributed by atoms with Crippen molar-refractivity contribution in [2.45, 2.75) is 25.3 Å². The smallest absolute Gasteiger partial charge is 0.0758 e. The summed E-state index contributed by atoms with van der Waals surface area (Å²) in [6.07, 6.45) is 7.90. The molecular formula is C10H11Br2NS. The van der Waals surface area contributed by atoms with Gasteiger partial charge in [0.05, 0.1) is 7.57 Å². The molecule has 0 radical (unpaired) electrons. The molecule has 1 rings (SSSR count). The fourth-order valence-electron chi connectivity index (χ4n) is 1.19. The zero-order chi connectivity index (χ0) is 10.6. The van der Waals surface area contributed by atoms with E-state index in [9.17, 15) is 0 Å². The quantitative estimate of drug-likeness (QED) is 0.650. The SMILES string of the molecule is C#CCCCC(N)c1cc(Br)sc1Br. The lowest BCUT2D eigenvalue weighted by Gasteiger charge is -2.09. The maximum absolute atomic E-state index is 6.04. The number of hydrogen-bond donors (Lipinski definition) is 1. The van der Waals surface area contributed by atoms with E-state index in [1.165, 1.54) is 5.56 Å². The molecule has 1 aromatic heterocycles. The van der Waals surface area contributed by atoms with Crippen LogP contribution in [0.3, 0.4) is 0 Å². The summed E-state index contributed by atoms with van der Waals surface area (Å²) >= 11 is 8.58. The van der Waals surface area contributed by atoms with Gasteiger partial charge < -0.3 is 5.73 Å². The summed E-state index contributed by atoms with van der Waals surface area (Å²) in [4.78, 5) is 0. The average Bonchev–Trinajstić information content (AvgIpc) is 2.45. The second-order valence-electron chi connectivity index (χ2n) is 2.98. The fraction of sp³-hybridized carbons (Fsp3) is 0.400. The molecule has 0 aromatic carbocycles. The molecule has 0 saturated carbocycles. The van der Waals surface area contributed by atoms with E-state index in [0.29, 0.717) is 0 Å². The van der Waals surface area contributed by atoms with Crippen molar-refractivity contribution in [2.24, 2.45) is 5.73 Å². The van der Waals surface area contributed by atoms with E-state index in [2.05, 4.69) is 43.8 Å². The van der Waals surface area contributed by atoms with Gasteiger partial charge in [-0.2, -0.15) is 0 Å². The lowest BCUT2D eigenvalue weighted by molar-refractivity contribution is 0.621. The molecule has 14 heavy (non-hydrogen) atoms. The van der Waals surface area contributed by atoms with Crippen LogP contribution < -0.4 is 5.73 Å². The summed E-state index contributed by atoms with van der Waals surface area (Å²) in [5.41, 5.74) is 7.20. The van der Waals surface area contributed by atoms with Crippen LogP contribution >= 0.6 is 43.2 Å². The van der Waals surface area contributed by atoms with Crippen LogP contribution in [0.15, 0.2) is 13.6 Å². The topological polar surface area (TPSA) is 26.0 Å². The summed E-state index contributed by atoms with van der Waals surface area (Å²) in [6, 6.07) is 2.15. The molecular weight excluding hydrogens is 326 g/mol. The molecule has 2 N–H and O–H groups in total. The highest BCUT2D eigenvalue weighted by atomic mass is 79.9. The van der Waals surface area contributed by atoms with Crippen LogP contribution in [0.25, 0.3) is 0 Å². The predicted octanol–water partition coefficient (Wildman–Crippen LogP) is 4.08. The zero-order valence-corrected chi connectivity index (χ0v) is 11.6. The molecule has 0 saturated heterocycles. The second kappa shape index (κ2) is 5.92. The molecule has 0 aliphatic rings. The normalized spacial score (nSPS) is 12.4. The van der Waals surface area contributed by atoms with E-state index in [0.717, 1.165) is 26.8 Å². The third kappa shape index (κ3) is 3.39. The van der Waals surface area contributed by atoms with Crippen LogP contribution in [-0.4, -0.2) is 0 Å². The maximum atomic E-state index is 6.04. The number of nitrogens with two attached hydrogens (primary N) is 1. The van der Waals surface area contributed by atoms with Gasteiger partial charge in [0.25, 0.3) is 0 Å². The first-order valence-corrected chi connectivity index (χ1v) is 6.69. The molecule has 1 nitrogen and oxygen atoms in total. The summed E-state index contributed by atoms with van der Waals surface area (Å²) in [7, 11) is 0. The van der Waals surface area contributed by atoms with Gasteiger partial charge in [0.1, 0.15) is 0 Å². The van der Waals surface area contributed by atoms with Crippen LogP contribution in [0.4, 0.5) is 0 Å². The Morgan fingerprint density at radius 1 is 1.57 bits per heavy atom. The van der Waals surface area contributed by atoms with Gasteiger partial charge in [0.15, 0.2) is 0 Å². The Kier molecular flexibility index (Phi) is 5.18. The molecule has 0 aliphatic carbocycles. The molecule has 1 unspecified atom stereocenters. The van der Waals surface area contributed by atoms with Crippen molar-refractivity contribution < 1.29 is 0 Å². The molecule has 1 atom stereocenters. The summed E-state index contributed by atoms with van der Waals surface area (Å²) in [5, 5.41) is 0. The summed E-state index contributed by atoms with van der Waals surface area (Å²) in [5.74, 6) is 2.62. The standard InChI is InChI=1S/C10H11Br2NS/c1-2-3-4-5-8(13)7-6-9(11)14-10(7)12/h1,6,8H,3-5,13H2. The first-order valence-electron chi connectivity index (χ1n) is 4.29. The molecule has 0 amide bonds. The number of hydrogen-bond acceptors (Lipinski definition) is 2. The number of unbranched alkanes of at least 4 members (excludes halogenated alkanes) is 1. The van der Waals surface area contributed by atoms with E-state index in [1.54, 1.807) is 11.3 Å². The summed E-state index contributed by atoms with van der Waals surface area (Å²) < 4.78 is 2.21. The Balaban J connectivity index is 2.56. The molecule has 4 heteroatoms. The Hall–Kier alpha value is 0.180. The number of halogens is 2. The maximum Gasteiger partial charge on any atom is 0.0758 e. The largest absolute Gasteiger partial charge is 0.324 e. The number of rotatable bonds is 4. The van der Waals surface area contributed by atoms with Crippen LogP contribution in [0.1, 0.15) is 30.9 Å². The van der Waals surface area contributed by atoms with Gasteiger partial charge >= 0.3 is 0 Å². The first kappa shape index (κ1) is 12.3. The van der Waals surface area contributed by atoms with Crippen molar-refractivity contribution in [3.63, 3.8) is 0 Å². The van der Waals surface area contributed by atoms with Crippen molar-refractivity contribution in [3.8, 4) is 12.3 Å². The molecule has 76 valence electrons. The van der Waals surface area contributed by atoms with Crippen molar-refractivity contribution in [1.82, 2.24) is 0 Å². The van der Waals surface area contributed by atoms with E-state index in [-0.39, 0.29) is 6.04 Å². The van der Waals surface area contributed by atoms with Gasteiger partial charge in [-0.3, -0.25) is 0 Å². The van der Waals surface area contributed by atoms with Gasteiger partial charge in [-0.15, -0.1) is 23.7 Å². The number of terminal acetylenes is 1. The van der Waals surface area contributed by atoms with Crippen molar-refractivity contribution >= 4 is 43.2 Å². The average molecular weight is 337 g/mol. The highest BCUT2D eigenvalue weighted by Crippen LogP contribution is 2.36. The van der Waals surface area contributed by atoms with Crippen molar-refractivity contribution in [2.75, 3.05) is 0 Å². The Morgan fingerprint density at radius 2 is 2.29 bits per heavy atom. The molecule has 0 fully saturated rings. The Labute approximate surface area is 105 Å². The molecule has 0 spiro atoms. The molecule has 1 aromatic rings. The molecule has 1 heterocycles. The summed E-state index contributed by atoms with van der Waals surface area (Å²) in [6.45, 7) is 0. The zero-order valence-electron chi connectivity index (χ0n) is 7.59. The predicted molar refractivity (Wildman–Crippen MR) is 69.3 cm³/mol. The van der Waals surface area contributed by atoms with Crippen LogP contribution in [-0.2, 0) is 0 Å². The van der Waals surface area contributed by atoms with Gasteiger partial charge in [0, 0.05) is 12.5 Å². The lowest BCUT2D eigenvalue weighted by Crippen LogP contribution is -2.09. The Morgan fingerprint density at radius 3 is 2.79 bits per heavy atom. The minimum absolute atomic E-state index is 0.0836. The Bertz CT molecular complexity index is 340. The van der Waals surface area contributed by atoms with E-state index in [1.807, 2.05) is 0 Å². The third-order valence-corrected chi connectivity index (χ3v) is 4.30. The van der Waals surface area contributed by atoms with Crippen molar-refractivity contribution in [3.05, 3.63) is 19.2 Å². The molecule has 0 aliphatic heterocycles.